The molecule has 24 heavy (non-hydrogen) atoms. The van der Waals surface area contributed by atoms with E-state index in [4.69, 9.17) is 5.26 Å². The quantitative estimate of drug-likeness (QED) is 0.680. The van der Waals surface area contributed by atoms with Crippen LogP contribution in [0.5, 0.6) is 0 Å². The van der Waals surface area contributed by atoms with E-state index < -0.39 is 0 Å². The molecular formula is C19H17N3OS. The Kier molecular flexibility index (Phi) is 4.68. The van der Waals surface area contributed by atoms with Gasteiger partial charge in [0.25, 0.3) is 5.56 Å². The number of thioether (sulfide) groups is 1. The third-order valence-electron chi connectivity index (χ3n) is 3.86. The van der Waals surface area contributed by atoms with Crippen LogP contribution in [0.2, 0.25) is 0 Å². The number of para-hydroxylation sites is 1. The summed E-state index contributed by atoms with van der Waals surface area (Å²) >= 11 is 1.63. The predicted molar refractivity (Wildman–Crippen MR) is 97.1 cm³/mol. The number of hydrogen-bond donors (Lipinski definition) is 0. The van der Waals surface area contributed by atoms with E-state index in [0.29, 0.717) is 22.5 Å². The molecule has 120 valence electrons. The Bertz CT molecular complexity index is 1000. The molecule has 4 nitrogen and oxygen atoms in total. The van der Waals surface area contributed by atoms with Gasteiger partial charge in [-0.3, -0.25) is 9.36 Å². The minimum Gasteiger partial charge on any atom is -0.281 e. The molecule has 0 aliphatic carbocycles. The lowest BCUT2D eigenvalue weighted by Crippen LogP contribution is -2.24. The van der Waals surface area contributed by atoms with E-state index >= 15 is 0 Å². The third-order valence-corrected chi connectivity index (χ3v) is 5.03. The van der Waals surface area contributed by atoms with Crippen molar-refractivity contribution in [2.75, 3.05) is 0 Å². The standard InChI is InChI=1S/C19H17N3OS/c1-13-7-8-17(14(2)11-13)24-12-18-21-16-6-4-3-5-15(16)19(23)22(18)10-9-20/h3-8,11H,10,12H2,1-2H3. The lowest BCUT2D eigenvalue weighted by molar-refractivity contribution is 0.730. The van der Waals surface area contributed by atoms with Crippen LogP contribution in [0.4, 0.5) is 0 Å². The van der Waals surface area contributed by atoms with Crippen molar-refractivity contribution in [1.82, 2.24) is 9.55 Å². The molecule has 0 aliphatic heterocycles. The van der Waals surface area contributed by atoms with Crippen LogP contribution >= 0.6 is 11.8 Å². The number of rotatable bonds is 4. The largest absolute Gasteiger partial charge is 0.281 e. The van der Waals surface area contributed by atoms with Gasteiger partial charge in [-0.05, 0) is 37.6 Å². The van der Waals surface area contributed by atoms with Crippen molar-refractivity contribution >= 4 is 22.7 Å². The summed E-state index contributed by atoms with van der Waals surface area (Å²) in [5.41, 5.74) is 2.95. The molecule has 2 aromatic carbocycles. The van der Waals surface area contributed by atoms with Gasteiger partial charge in [0.1, 0.15) is 12.4 Å². The van der Waals surface area contributed by atoms with Crippen molar-refractivity contribution in [3.05, 3.63) is 69.8 Å². The number of aryl methyl sites for hydroxylation is 2. The zero-order valence-corrected chi connectivity index (χ0v) is 14.4. The van der Waals surface area contributed by atoms with Crippen molar-refractivity contribution in [3.63, 3.8) is 0 Å². The monoisotopic (exact) mass is 335 g/mol. The van der Waals surface area contributed by atoms with E-state index in [-0.39, 0.29) is 12.1 Å². The first kappa shape index (κ1) is 16.3. The highest BCUT2D eigenvalue weighted by atomic mass is 32.2. The van der Waals surface area contributed by atoms with E-state index in [1.807, 2.05) is 18.2 Å². The lowest BCUT2D eigenvalue weighted by Gasteiger charge is -2.11. The van der Waals surface area contributed by atoms with Gasteiger partial charge in [0, 0.05) is 4.90 Å². The summed E-state index contributed by atoms with van der Waals surface area (Å²) in [7, 11) is 0. The summed E-state index contributed by atoms with van der Waals surface area (Å²) in [4.78, 5) is 18.4. The molecule has 0 N–H and O–H groups in total. The molecule has 0 radical (unpaired) electrons. The normalized spacial score (nSPS) is 10.7. The summed E-state index contributed by atoms with van der Waals surface area (Å²) in [6.45, 7) is 4.15. The van der Waals surface area contributed by atoms with E-state index in [2.05, 4.69) is 43.1 Å². The summed E-state index contributed by atoms with van der Waals surface area (Å²) < 4.78 is 1.47. The first-order valence-corrected chi connectivity index (χ1v) is 8.64. The Morgan fingerprint density at radius 1 is 1.21 bits per heavy atom. The maximum Gasteiger partial charge on any atom is 0.262 e. The maximum atomic E-state index is 12.6. The van der Waals surface area contributed by atoms with E-state index in [0.717, 1.165) is 4.90 Å². The van der Waals surface area contributed by atoms with Crippen LogP contribution in [0.15, 0.2) is 52.2 Å². The second-order valence-corrected chi connectivity index (χ2v) is 6.67. The van der Waals surface area contributed by atoms with Gasteiger partial charge in [0.2, 0.25) is 0 Å². The predicted octanol–water partition coefficient (Wildman–Crippen LogP) is 3.83. The van der Waals surface area contributed by atoms with Crippen LogP contribution in [0.3, 0.4) is 0 Å². The van der Waals surface area contributed by atoms with E-state index in [1.165, 1.54) is 15.7 Å². The van der Waals surface area contributed by atoms with Gasteiger partial charge in [-0.1, -0.05) is 29.8 Å². The Morgan fingerprint density at radius 3 is 2.75 bits per heavy atom. The van der Waals surface area contributed by atoms with Crippen LogP contribution in [0.1, 0.15) is 17.0 Å². The second kappa shape index (κ2) is 6.90. The molecule has 1 heterocycles. The molecule has 3 aromatic rings. The summed E-state index contributed by atoms with van der Waals surface area (Å²) in [5.74, 6) is 1.18. The SMILES string of the molecule is Cc1ccc(SCc2nc3ccccc3c(=O)n2CC#N)c(C)c1. The Morgan fingerprint density at radius 2 is 2.00 bits per heavy atom. The van der Waals surface area contributed by atoms with Crippen molar-refractivity contribution < 1.29 is 0 Å². The topological polar surface area (TPSA) is 58.7 Å². The molecule has 0 fully saturated rings. The van der Waals surface area contributed by atoms with Gasteiger partial charge in [0.15, 0.2) is 0 Å². The zero-order valence-electron chi connectivity index (χ0n) is 13.6. The highest BCUT2D eigenvalue weighted by molar-refractivity contribution is 7.98. The number of nitrogens with zero attached hydrogens (tertiary/aromatic N) is 3. The van der Waals surface area contributed by atoms with Gasteiger partial charge in [0.05, 0.1) is 22.7 Å². The fraction of sp³-hybridized carbons (Fsp3) is 0.211. The van der Waals surface area contributed by atoms with Crippen LogP contribution in [-0.4, -0.2) is 9.55 Å². The molecule has 0 spiro atoms. The molecule has 0 saturated heterocycles. The molecule has 0 bridgehead atoms. The van der Waals surface area contributed by atoms with Gasteiger partial charge in [-0.2, -0.15) is 5.26 Å². The van der Waals surface area contributed by atoms with Crippen molar-refractivity contribution in [1.29, 1.82) is 5.26 Å². The van der Waals surface area contributed by atoms with Crippen LogP contribution < -0.4 is 5.56 Å². The fourth-order valence-electron chi connectivity index (χ4n) is 2.66. The third kappa shape index (κ3) is 3.19. The average molecular weight is 335 g/mol. The van der Waals surface area contributed by atoms with Gasteiger partial charge in [-0.25, -0.2) is 4.98 Å². The Labute approximate surface area is 144 Å². The molecular weight excluding hydrogens is 318 g/mol. The highest BCUT2D eigenvalue weighted by Crippen LogP contribution is 2.26. The molecule has 0 amide bonds. The molecule has 3 rings (SSSR count). The molecule has 1 aromatic heterocycles. The molecule has 0 atom stereocenters. The second-order valence-electron chi connectivity index (χ2n) is 5.65. The van der Waals surface area contributed by atoms with Crippen molar-refractivity contribution in [2.45, 2.75) is 31.0 Å². The average Bonchev–Trinajstić information content (AvgIpc) is 2.57. The summed E-state index contributed by atoms with van der Waals surface area (Å²) in [5, 5.41) is 9.61. The van der Waals surface area contributed by atoms with Crippen LogP contribution in [-0.2, 0) is 12.3 Å². The van der Waals surface area contributed by atoms with Crippen LogP contribution in [0.25, 0.3) is 10.9 Å². The summed E-state index contributed by atoms with van der Waals surface area (Å²) in [6, 6.07) is 15.6. The summed E-state index contributed by atoms with van der Waals surface area (Å²) in [6.07, 6.45) is 0. The number of benzene rings is 2. The Balaban J connectivity index is 2.00. The highest BCUT2D eigenvalue weighted by Gasteiger charge is 2.11. The Hall–Kier alpha value is -2.58. The molecule has 5 heteroatoms. The molecule has 0 aliphatic rings. The molecule has 0 saturated carbocycles. The number of fused-ring (bicyclic) bond motifs is 1. The molecule has 0 unspecified atom stereocenters. The zero-order chi connectivity index (χ0) is 17.1. The van der Waals surface area contributed by atoms with E-state index in [9.17, 15) is 4.79 Å². The smallest absolute Gasteiger partial charge is 0.262 e. The number of hydrogen-bond acceptors (Lipinski definition) is 4. The van der Waals surface area contributed by atoms with Gasteiger partial charge >= 0.3 is 0 Å². The maximum absolute atomic E-state index is 12.6. The first-order valence-electron chi connectivity index (χ1n) is 7.65. The number of nitriles is 1. The van der Waals surface area contributed by atoms with Gasteiger partial charge < -0.3 is 0 Å². The lowest BCUT2D eigenvalue weighted by atomic mass is 10.2. The number of aromatic nitrogens is 2. The minimum absolute atomic E-state index is 0.0133. The minimum atomic E-state index is -0.154. The van der Waals surface area contributed by atoms with Crippen molar-refractivity contribution in [3.8, 4) is 6.07 Å². The van der Waals surface area contributed by atoms with E-state index in [1.54, 1.807) is 17.8 Å². The fourth-order valence-corrected chi connectivity index (χ4v) is 3.62. The van der Waals surface area contributed by atoms with Gasteiger partial charge in [-0.15, -0.1) is 11.8 Å². The van der Waals surface area contributed by atoms with Crippen LogP contribution in [0, 0.1) is 25.2 Å². The first-order chi connectivity index (χ1) is 11.6. The van der Waals surface area contributed by atoms with Crippen molar-refractivity contribution in [2.24, 2.45) is 0 Å².